The third kappa shape index (κ3) is 1.45. The summed E-state index contributed by atoms with van der Waals surface area (Å²) >= 11 is 0. The Morgan fingerprint density at radius 3 is 3.00 bits per heavy atom. The molecular formula is C4H5N3O2. The molecule has 0 saturated carbocycles. The van der Waals surface area contributed by atoms with E-state index in [1.165, 1.54) is 18.7 Å². The Morgan fingerprint density at radius 2 is 2.56 bits per heavy atom. The van der Waals surface area contributed by atoms with Crippen LogP contribution in [0, 0.1) is 0 Å². The number of carbonyl (C=O) groups excluding carboxylic acids is 1. The van der Waals surface area contributed by atoms with Crippen LogP contribution in [0.4, 0.5) is 4.79 Å². The summed E-state index contributed by atoms with van der Waals surface area (Å²) in [5.41, 5.74) is 4.67. The third-order valence-corrected chi connectivity index (χ3v) is 0.676. The number of rotatable bonds is 1. The molecule has 0 aliphatic rings. The summed E-state index contributed by atoms with van der Waals surface area (Å²) in [6.45, 7) is 0. The van der Waals surface area contributed by atoms with E-state index in [4.69, 9.17) is 0 Å². The highest BCUT2D eigenvalue weighted by atomic mass is 16.7. The van der Waals surface area contributed by atoms with Crippen LogP contribution in [0.1, 0.15) is 0 Å². The first-order chi connectivity index (χ1) is 4.29. The molecule has 5 nitrogen and oxygen atoms in total. The highest BCUT2D eigenvalue weighted by Gasteiger charge is 1.92. The Morgan fingerprint density at radius 1 is 1.78 bits per heavy atom. The molecule has 0 bridgehead atoms. The Balaban J connectivity index is 2.58. The summed E-state index contributed by atoms with van der Waals surface area (Å²) in [4.78, 5) is 18.0. The van der Waals surface area contributed by atoms with Gasteiger partial charge in [-0.3, -0.25) is 0 Å². The van der Waals surface area contributed by atoms with Crippen molar-refractivity contribution in [3.8, 4) is 0 Å². The van der Waals surface area contributed by atoms with E-state index >= 15 is 0 Å². The second kappa shape index (κ2) is 2.17. The Hall–Kier alpha value is -1.52. The maximum atomic E-state index is 10.0. The number of aromatic nitrogens is 2. The Bertz CT molecular complexity index is 194. The van der Waals surface area contributed by atoms with Crippen LogP contribution >= 0.6 is 0 Å². The SMILES string of the molecule is NC(=O)On1ccnc1. The molecule has 0 aliphatic carbocycles. The van der Waals surface area contributed by atoms with Crippen LogP contribution in [0.15, 0.2) is 18.7 Å². The summed E-state index contributed by atoms with van der Waals surface area (Å²) in [5, 5.41) is 0. The van der Waals surface area contributed by atoms with Gasteiger partial charge in [0.2, 0.25) is 0 Å². The maximum absolute atomic E-state index is 10.0. The van der Waals surface area contributed by atoms with Crippen LogP contribution in [0.25, 0.3) is 0 Å². The molecule has 2 N–H and O–H groups in total. The summed E-state index contributed by atoms with van der Waals surface area (Å²) in [6, 6.07) is 0. The van der Waals surface area contributed by atoms with Gasteiger partial charge in [0, 0.05) is 6.20 Å². The lowest BCUT2D eigenvalue weighted by Gasteiger charge is -1.95. The van der Waals surface area contributed by atoms with E-state index in [0.717, 1.165) is 4.73 Å². The van der Waals surface area contributed by atoms with Crippen LogP contribution in [0.5, 0.6) is 0 Å². The molecule has 0 spiro atoms. The summed E-state index contributed by atoms with van der Waals surface area (Å²) in [5.74, 6) is 0. The predicted octanol–water partition coefficient (Wildman–Crippen LogP) is -0.610. The smallest absolute Gasteiger partial charge is 0.333 e. The van der Waals surface area contributed by atoms with Gasteiger partial charge in [-0.2, -0.15) is 4.73 Å². The number of hydrogen-bond donors (Lipinski definition) is 1. The van der Waals surface area contributed by atoms with Crippen molar-refractivity contribution in [2.75, 3.05) is 0 Å². The second-order valence-corrected chi connectivity index (χ2v) is 1.33. The average Bonchev–Trinajstić information content (AvgIpc) is 2.15. The molecular weight excluding hydrogens is 122 g/mol. The van der Waals surface area contributed by atoms with Crippen molar-refractivity contribution >= 4 is 6.09 Å². The van der Waals surface area contributed by atoms with Crippen molar-refractivity contribution in [1.82, 2.24) is 9.71 Å². The van der Waals surface area contributed by atoms with Gasteiger partial charge in [-0.05, 0) is 0 Å². The van der Waals surface area contributed by atoms with Crippen molar-refractivity contribution < 1.29 is 9.63 Å². The molecule has 9 heavy (non-hydrogen) atoms. The van der Waals surface area contributed by atoms with E-state index < -0.39 is 6.09 Å². The lowest BCUT2D eigenvalue weighted by Crippen LogP contribution is -2.24. The molecule has 1 rings (SSSR count). The quantitative estimate of drug-likeness (QED) is 0.547. The zero-order valence-electron chi connectivity index (χ0n) is 4.52. The van der Waals surface area contributed by atoms with Gasteiger partial charge in [0.25, 0.3) is 0 Å². The predicted molar refractivity (Wildman–Crippen MR) is 28.4 cm³/mol. The molecule has 0 aliphatic heterocycles. The van der Waals surface area contributed by atoms with E-state index in [1.54, 1.807) is 0 Å². The lowest BCUT2D eigenvalue weighted by atomic mass is 11.0. The van der Waals surface area contributed by atoms with E-state index in [1.807, 2.05) is 0 Å². The third-order valence-electron chi connectivity index (χ3n) is 0.676. The zero-order chi connectivity index (χ0) is 6.69. The molecule has 1 aromatic heterocycles. The first-order valence-electron chi connectivity index (χ1n) is 2.25. The average molecular weight is 127 g/mol. The van der Waals surface area contributed by atoms with Crippen LogP contribution in [-0.2, 0) is 0 Å². The minimum Gasteiger partial charge on any atom is -0.333 e. The Labute approximate surface area is 51.0 Å². The molecule has 0 fully saturated rings. The van der Waals surface area contributed by atoms with Crippen molar-refractivity contribution in [3.05, 3.63) is 18.7 Å². The van der Waals surface area contributed by atoms with E-state index in [0.29, 0.717) is 0 Å². The van der Waals surface area contributed by atoms with Crippen molar-refractivity contribution in [3.63, 3.8) is 0 Å². The molecule has 0 aromatic carbocycles. The summed E-state index contributed by atoms with van der Waals surface area (Å²) in [6.07, 6.45) is 3.41. The van der Waals surface area contributed by atoms with E-state index in [-0.39, 0.29) is 0 Å². The normalized spacial score (nSPS) is 8.89. The van der Waals surface area contributed by atoms with E-state index in [9.17, 15) is 4.79 Å². The zero-order valence-corrected chi connectivity index (χ0v) is 4.52. The largest absolute Gasteiger partial charge is 0.429 e. The lowest BCUT2D eigenvalue weighted by molar-refractivity contribution is 0.143. The number of primary amides is 1. The van der Waals surface area contributed by atoms with Crippen molar-refractivity contribution in [1.29, 1.82) is 0 Å². The first kappa shape index (κ1) is 5.61. The van der Waals surface area contributed by atoms with E-state index in [2.05, 4.69) is 15.6 Å². The molecule has 0 atom stereocenters. The Kier molecular flexibility index (Phi) is 1.35. The fraction of sp³-hybridized carbons (Fsp3) is 0. The fourth-order valence-electron chi connectivity index (χ4n) is 0.405. The second-order valence-electron chi connectivity index (χ2n) is 1.33. The number of imidazole rings is 1. The maximum Gasteiger partial charge on any atom is 0.429 e. The van der Waals surface area contributed by atoms with Gasteiger partial charge < -0.3 is 10.6 Å². The van der Waals surface area contributed by atoms with Gasteiger partial charge in [0.1, 0.15) is 6.33 Å². The van der Waals surface area contributed by atoms with Gasteiger partial charge in [-0.25, -0.2) is 9.78 Å². The molecule has 1 amide bonds. The number of nitrogens with zero attached hydrogens (tertiary/aromatic N) is 2. The molecule has 1 aromatic rings. The standard InChI is InChI=1S/C4H5N3O2/c5-4(8)9-7-2-1-6-3-7/h1-3H,(H2,5,8). The van der Waals surface area contributed by atoms with Crippen molar-refractivity contribution in [2.45, 2.75) is 0 Å². The molecule has 0 radical (unpaired) electrons. The fourth-order valence-corrected chi connectivity index (χ4v) is 0.405. The van der Waals surface area contributed by atoms with Crippen LogP contribution in [0.3, 0.4) is 0 Å². The molecule has 1 heterocycles. The van der Waals surface area contributed by atoms with Crippen molar-refractivity contribution in [2.24, 2.45) is 5.73 Å². The monoisotopic (exact) mass is 127 g/mol. The number of hydrogen-bond acceptors (Lipinski definition) is 3. The van der Waals surface area contributed by atoms with Crippen LogP contribution < -0.4 is 10.6 Å². The van der Waals surface area contributed by atoms with Gasteiger partial charge >= 0.3 is 6.09 Å². The minimum absolute atomic E-state index is 0.854. The van der Waals surface area contributed by atoms with Crippen LogP contribution in [-0.4, -0.2) is 15.8 Å². The molecule has 0 saturated heterocycles. The first-order valence-corrected chi connectivity index (χ1v) is 2.25. The molecule has 48 valence electrons. The van der Waals surface area contributed by atoms with Gasteiger partial charge in [0.15, 0.2) is 0 Å². The topological polar surface area (TPSA) is 70.1 Å². The number of carbonyl (C=O) groups is 1. The molecule has 5 heteroatoms. The summed E-state index contributed by atoms with van der Waals surface area (Å²) in [7, 11) is 0. The van der Waals surface area contributed by atoms with Gasteiger partial charge in [-0.1, -0.05) is 0 Å². The highest BCUT2D eigenvalue weighted by molar-refractivity contribution is 5.64. The summed E-state index contributed by atoms with van der Waals surface area (Å²) < 4.78 is 1.11. The number of amides is 1. The minimum atomic E-state index is -0.854. The number of nitrogens with two attached hydrogens (primary N) is 1. The van der Waals surface area contributed by atoms with Gasteiger partial charge in [-0.15, -0.1) is 0 Å². The highest BCUT2D eigenvalue weighted by Crippen LogP contribution is 1.78. The van der Waals surface area contributed by atoms with Crippen LogP contribution in [0.2, 0.25) is 0 Å². The van der Waals surface area contributed by atoms with Gasteiger partial charge in [0.05, 0.1) is 6.20 Å². The molecule has 0 unspecified atom stereocenters.